The van der Waals surface area contributed by atoms with E-state index < -0.39 is 0 Å². The van der Waals surface area contributed by atoms with Crippen LogP contribution >= 0.6 is 11.6 Å². The van der Waals surface area contributed by atoms with Gasteiger partial charge in [0, 0.05) is 10.6 Å². The first-order valence-corrected chi connectivity index (χ1v) is 7.53. The van der Waals surface area contributed by atoms with Gasteiger partial charge in [0.05, 0.1) is 0 Å². The van der Waals surface area contributed by atoms with Crippen LogP contribution in [0.3, 0.4) is 0 Å². The van der Waals surface area contributed by atoms with E-state index in [-0.39, 0.29) is 5.75 Å². The smallest absolute Gasteiger partial charge is 0.227 e. The lowest BCUT2D eigenvalue weighted by molar-refractivity contribution is 0.475. The van der Waals surface area contributed by atoms with Crippen molar-refractivity contribution in [3.05, 3.63) is 71.8 Å². The molecule has 1 aromatic heterocycles. The summed E-state index contributed by atoms with van der Waals surface area (Å²) in [6, 6.07) is 20.3. The second kappa shape index (κ2) is 5.45. The summed E-state index contributed by atoms with van der Waals surface area (Å²) in [5.41, 5.74) is 4.27. The zero-order valence-electron chi connectivity index (χ0n) is 12.0. The van der Waals surface area contributed by atoms with Crippen molar-refractivity contribution in [2.24, 2.45) is 0 Å². The van der Waals surface area contributed by atoms with Crippen molar-refractivity contribution >= 4 is 22.7 Å². The molecule has 0 bridgehead atoms. The first-order valence-electron chi connectivity index (χ1n) is 7.15. The predicted octanol–water partition coefficient (Wildman–Crippen LogP) is 5.52. The molecule has 4 rings (SSSR count). The normalized spacial score (nSPS) is 11.0. The van der Waals surface area contributed by atoms with Crippen molar-refractivity contribution in [2.75, 3.05) is 0 Å². The van der Waals surface area contributed by atoms with Crippen molar-refractivity contribution in [1.82, 2.24) is 4.98 Å². The van der Waals surface area contributed by atoms with Gasteiger partial charge < -0.3 is 9.52 Å². The largest absolute Gasteiger partial charge is 0.508 e. The minimum atomic E-state index is 0.238. The van der Waals surface area contributed by atoms with E-state index in [9.17, 15) is 5.11 Å². The van der Waals surface area contributed by atoms with E-state index in [1.54, 1.807) is 12.1 Å². The Balaban J connectivity index is 1.79. The number of aromatic hydroxyl groups is 1. The van der Waals surface area contributed by atoms with Crippen LogP contribution < -0.4 is 0 Å². The van der Waals surface area contributed by atoms with Gasteiger partial charge in [0.1, 0.15) is 11.3 Å². The third kappa shape index (κ3) is 2.67. The fraction of sp³-hybridized carbons (Fsp3) is 0. The monoisotopic (exact) mass is 321 g/mol. The van der Waals surface area contributed by atoms with Crippen LogP contribution in [0.15, 0.2) is 71.1 Å². The number of benzene rings is 3. The number of hydrogen-bond donors (Lipinski definition) is 1. The van der Waals surface area contributed by atoms with Crippen LogP contribution in [0.4, 0.5) is 0 Å². The first kappa shape index (κ1) is 13.9. The fourth-order valence-electron chi connectivity index (χ4n) is 2.51. The highest BCUT2D eigenvalue weighted by Crippen LogP contribution is 2.30. The lowest BCUT2D eigenvalue weighted by Crippen LogP contribution is -1.77. The van der Waals surface area contributed by atoms with Crippen molar-refractivity contribution < 1.29 is 9.52 Å². The molecule has 0 radical (unpaired) electrons. The number of nitrogens with zero attached hydrogens (tertiary/aromatic N) is 1. The molecule has 1 N–H and O–H groups in total. The standard InChI is InChI=1S/C19H12ClNO2/c20-15-7-4-12(5-8-15)19-21-17-9-6-14(11-18(17)23-19)13-2-1-3-16(22)10-13/h1-11,22H. The first-order chi connectivity index (χ1) is 11.2. The highest BCUT2D eigenvalue weighted by Gasteiger charge is 2.09. The molecule has 112 valence electrons. The Hall–Kier alpha value is -2.78. The predicted molar refractivity (Wildman–Crippen MR) is 91.6 cm³/mol. The maximum absolute atomic E-state index is 9.62. The molecule has 1 heterocycles. The molecule has 0 amide bonds. The van der Waals surface area contributed by atoms with E-state index in [2.05, 4.69) is 4.98 Å². The average Bonchev–Trinajstić information content (AvgIpc) is 2.98. The summed E-state index contributed by atoms with van der Waals surface area (Å²) in [5, 5.41) is 10.3. The third-order valence-electron chi connectivity index (χ3n) is 3.66. The fourth-order valence-corrected chi connectivity index (χ4v) is 2.63. The second-order valence-electron chi connectivity index (χ2n) is 5.26. The van der Waals surface area contributed by atoms with Gasteiger partial charge in [0.25, 0.3) is 0 Å². The molecule has 0 saturated heterocycles. The highest BCUT2D eigenvalue weighted by atomic mass is 35.5. The van der Waals surface area contributed by atoms with Crippen LogP contribution in [0.1, 0.15) is 0 Å². The topological polar surface area (TPSA) is 46.3 Å². The molecular weight excluding hydrogens is 310 g/mol. The number of hydrogen-bond acceptors (Lipinski definition) is 3. The quantitative estimate of drug-likeness (QED) is 0.528. The molecule has 0 spiro atoms. The Morgan fingerprint density at radius 3 is 2.35 bits per heavy atom. The zero-order valence-corrected chi connectivity index (χ0v) is 12.8. The average molecular weight is 322 g/mol. The van der Waals surface area contributed by atoms with Gasteiger partial charge in [0.2, 0.25) is 5.89 Å². The van der Waals surface area contributed by atoms with Crippen LogP contribution in [0.5, 0.6) is 5.75 Å². The summed E-state index contributed by atoms with van der Waals surface area (Å²) in [7, 11) is 0. The van der Waals surface area contributed by atoms with Crippen LogP contribution in [-0.4, -0.2) is 10.1 Å². The Morgan fingerprint density at radius 1 is 0.826 bits per heavy atom. The number of rotatable bonds is 2. The van der Waals surface area contributed by atoms with Gasteiger partial charge in [0.15, 0.2) is 5.58 Å². The Morgan fingerprint density at radius 2 is 1.57 bits per heavy atom. The molecule has 0 saturated carbocycles. The van der Waals surface area contributed by atoms with E-state index >= 15 is 0 Å². The molecule has 0 aliphatic rings. The summed E-state index contributed by atoms with van der Waals surface area (Å²) in [4.78, 5) is 4.51. The van der Waals surface area contributed by atoms with Gasteiger partial charge in [-0.2, -0.15) is 0 Å². The summed E-state index contributed by atoms with van der Waals surface area (Å²) in [6.07, 6.45) is 0. The van der Waals surface area contributed by atoms with Crippen LogP contribution in [0, 0.1) is 0 Å². The number of phenols is 1. The van der Waals surface area contributed by atoms with Gasteiger partial charge in [-0.3, -0.25) is 0 Å². The van der Waals surface area contributed by atoms with Crippen molar-refractivity contribution in [2.45, 2.75) is 0 Å². The lowest BCUT2D eigenvalue weighted by Gasteiger charge is -2.01. The van der Waals surface area contributed by atoms with Crippen molar-refractivity contribution in [3.63, 3.8) is 0 Å². The zero-order chi connectivity index (χ0) is 15.8. The molecule has 0 aliphatic heterocycles. The molecule has 23 heavy (non-hydrogen) atoms. The van der Waals surface area contributed by atoms with Crippen molar-refractivity contribution in [1.29, 1.82) is 0 Å². The molecule has 3 aromatic carbocycles. The summed E-state index contributed by atoms with van der Waals surface area (Å²) in [6.45, 7) is 0. The Kier molecular flexibility index (Phi) is 3.28. The van der Waals surface area contributed by atoms with E-state index in [0.717, 1.165) is 22.2 Å². The molecule has 0 unspecified atom stereocenters. The Labute approximate surface area is 137 Å². The molecule has 0 atom stereocenters. The SMILES string of the molecule is Oc1cccc(-c2ccc3nc(-c4ccc(Cl)cc4)oc3c2)c1. The summed E-state index contributed by atoms with van der Waals surface area (Å²) in [5.74, 6) is 0.798. The Bertz CT molecular complexity index is 990. The number of halogens is 1. The second-order valence-corrected chi connectivity index (χ2v) is 5.70. The van der Waals surface area contributed by atoms with E-state index in [1.807, 2.05) is 54.6 Å². The highest BCUT2D eigenvalue weighted by molar-refractivity contribution is 6.30. The van der Waals surface area contributed by atoms with Crippen LogP contribution in [0.25, 0.3) is 33.7 Å². The van der Waals surface area contributed by atoms with Crippen LogP contribution in [-0.2, 0) is 0 Å². The minimum Gasteiger partial charge on any atom is -0.508 e. The number of aromatic nitrogens is 1. The molecule has 0 fully saturated rings. The van der Waals surface area contributed by atoms with E-state index in [4.69, 9.17) is 16.0 Å². The summed E-state index contributed by atoms with van der Waals surface area (Å²) >= 11 is 5.91. The molecule has 3 nitrogen and oxygen atoms in total. The van der Waals surface area contributed by atoms with Gasteiger partial charge in [-0.05, 0) is 59.7 Å². The minimum absolute atomic E-state index is 0.238. The van der Waals surface area contributed by atoms with Crippen molar-refractivity contribution in [3.8, 4) is 28.3 Å². The summed E-state index contributed by atoms with van der Waals surface area (Å²) < 4.78 is 5.87. The molecular formula is C19H12ClNO2. The number of phenolic OH excluding ortho intramolecular Hbond substituents is 1. The van der Waals surface area contributed by atoms with E-state index in [1.165, 1.54) is 0 Å². The number of oxazole rings is 1. The maximum atomic E-state index is 9.62. The number of fused-ring (bicyclic) bond motifs is 1. The third-order valence-corrected chi connectivity index (χ3v) is 3.91. The van der Waals surface area contributed by atoms with Gasteiger partial charge in [-0.1, -0.05) is 29.8 Å². The van der Waals surface area contributed by atoms with E-state index in [0.29, 0.717) is 16.5 Å². The maximum Gasteiger partial charge on any atom is 0.227 e. The lowest BCUT2D eigenvalue weighted by atomic mass is 10.1. The molecule has 0 aliphatic carbocycles. The van der Waals surface area contributed by atoms with Gasteiger partial charge in [-0.15, -0.1) is 0 Å². The molecule has 4 aromatic rings. The van der Waals surface area contributed by atoms with Crippen LogP contribution in [0.2, 0.25) is 5.02 Å². The van der Waals surface area contributed by atoms with Gasteiger partial charge in [-0.25, -0.2) is 4.98 Å². The molecule has 4 heteroatoms. The van der Waals surface area contributed by atoms with Gasteiger partial charge >= 0.3 is 0 Å².